The van der Waals surface area contributed by atoms with Gasteiger partial charge in [0.05, 0.1) is 18.7 Å². The fraction of sp³-hybridized carbons (Fsp3) is 0.250. The van der Waals surface area contributed by atoms with E-state index in [4.69, 9.17) is 4.74 Å². The van der Waals surface area contributed by atoms with Crippen LogP contribution in [0.3, 0.4) is 0 Å². The number of nitrogens with zero attached hydrogens (tertiary/aromatic N) is 3. The van der Waals surface area contributed by atoms with E-state index in [0.29, 0.717) is 13.2 Å². The molecule has 6 heteroatoms. The Labute approximate surface area is 157 Å². The summed E-state index contributed by atoms with van der Waals surface area (Å²) >= 11 is 1.53. The predicted molar refractivity (Wildman–Crippen MR) is 103 cm³/mol. The van der Waals surface area contributed by atoms with Crippen molar-refractivity contribution in [3.8, 4) is 16.3 Å². The average molecular weight is 367 g/mol. The van der Waals surface area contributed by atoms with Gasteiger partial charge in [-0.3, -0.25) is 9.78 Å². The lowest BCUT2D eigenvalue weighted by molar-refractivity contribution is -0.129. The topological polar surface area (TPSA) is 55.3 Å². The van der Waals surface area contributed by atoms with E-state index in [9.17, 15) is 4.79 Å². The fourth-order valence-electron chi connectivity index (χ4n) is 2.44. The summed E-state index contributed by atoms with van der Waals surface area (Å²) in [5, 5.41) is 2.81. The Hall–Kier alpha value is -2.73. The molecule has 0 aliphatic carbocycles. The molecule has 0 aliphatic heterocycles. The molecule has 0 atom stereocenters. The third-order valence-electron chi connectivity index (χ3n) is 4.00. The van der Waals surface area contributed by atoms with Crippen molar-refractivity contribution in [3.63, 3.8) is 0 Å². The molecule has 0 N–H and O–H groups in total. The Morgan fingerprint density at radius 3 is 2.85 bits per heavy atom. The first-order valence-corrected chi connectivity index (χ1v) is 9.28. The lowest BCUT2D eigenvalue weighted by Crippen LogP contribution is -2.32. The number of hydrogen-bond donors (Lipinski definition) is 0. The van der Waals surface area contributed by atoms with E-state index in [0.717, 1.165) is 27.6 Å². The molecule has 2 aromatic heterocycles. The molecule has 1 aromatic carbocycles. The number of thiazole rings is 1. The summed E-state index contributed by atoms with van der Waals surface area (Å²) < 4.78 is 5.76. The van der Waals surface area contributed by atoms with Crippen LogP contribution in [-0.2, 0) is 11.2 Å². The first kappa shape index (κ1) is 18.1. The number of carbonyl (C=O) groups excluding carboxylic acids is 1. The molecular weight excluding hydrogens is 346 g/mol. The van der Waals surface area contributed by atoms with Crippen LogP contribution < -0.4 is 4.74 Å². The highest BCUT2D eigenvalue weighted by Crippen LogP contribution is 2.23. The molecule has 0 spiro atoms. The number of hydrogen-bond acceptors (Lipinski definition) is 5. The minimum Gasteiger partial charge on any atom is -0.491 e. The predicted octanol–water partition coefficient (Wildman–Crippen LogP) is 3.59. The molecule has 1 amide bonds. The summed E-state index contributed by atoms with van der Waals surface area (Å²) in [7, 11) is 1.79. The van der Waals surface area contributed by atoms with Gasteiger partial charge in [-0.05, 0) is 30.7 Å². The highest BCUT2D eigenvalue weighted by Gasteiger charge is 2.13. The highest BCUT2D eigenvalue weighted by molar-refractivity contribution is 7.13. The zero-order valence-electron chi connectivity index (χ0n) is 14.9. The minimum atomic E-state index is 0.0291. The van der Waals surface area contributed by atoms with Crippen LogP contribution in [-0.4, -0.2) is 41.0 Å². The Morgan fingerprint density at radius 1 is 1.23 bits per heavy atom. The molecule has 3 aromatic rings. The van der Waals surface area contributed by atoms with Crippen LogP contribution in [0.2, 0.25) is 0 Å². The number of para-hydroxylation sites is 1. The number of aryl methyl sites for hydroxylation is 1. The lowest BCUT2D eigenvalue weighted by atomic mass is 10.2. The van der Waals surface area contributed by atoms with Crippen molar-refractivity contribution in [2.45, 2.75) is 13.3 Å². The van der Waals surface area contributed by atoms with Crippen molar-refractivity contribution >= 4 is 17.2 Å². The van der Waals surface area contributed by atoms with Gasteiger partial charge in [0.15, 0.2) is 0 Å². The zero-order valence-corrected chi connectivity index (χ0v) is 15.7. The van der Waals surface area contributed by atoms with Crippen LogP contribution >= 0.6 is 11.3 Å². The van der Waals surface area contributed by atoms with Crippen molar-refractivity contribution in [1.29, 1.82) is 0 Å². The molecule has 0 bridgehead atoms. The van der Waals surface area contributed by atoms with Crippen molar-refractivity contribution in [2.24, 2.45) is 0 Å². The first-order chi connectivity index (χ1) is 12.6. The van der Waals surface area contributed by atoms with Gasteiger partial charge >= 0.3 is 0 Å². The zero-order chi connectivity index (χ0) is 18.4. The van der Waals surface area contributed by atoms with Crippen LogP contribution in [0.25, 0.3) is 10.6 Å². The molecule has 0 saturated carbocycles. The van der Waals surface area contributed by atoms with E-state index in [2.05, 4.69) is 9.97 Å². The lowest BCUT2D eigenvalue weighted by Gasteiger charge is -2.17. The Kier molecular flexibility index (Phi) is 5.96. The minimum absolute atomic E-state index is 0.0291. The molecule has 0 saturated heterocycles. The number of carbonyl (C=O) groups is 1. The molecular formula is C20H21N3O2S. The van der Waals surface area contributed by atoms with Gasteiger partial charge in [-0.15, -0.1) is 11.3 Å². The van der Waals surface area contributed by atoms with Gasteiger partial charge < -0.3 is 9.64 Å². The number of likely N-dealkylation sites (N-methyl/N-ethyl adjacent to an activating group) is 1. The molecule has 2 heterocycles. The normalized spacial score (nSPS) is 10.5. The molecule has 0 unspecified atom stereocenters. The van der Waals surface area contributed by atoms with E-state index >= 15 is 0 Å². The van der Waals surface area contributed by atoms with Crippen molar-refractivity contribution in [2.75, 3.05) is 20.2 Å². The van der Waals surface area contributed by atoms with Gasteiger partial charge in [0.2, 0.25) is 5.91 Å². The third-order valence-corrected chi connectivity index (χ3v) is 4.94. The van der Waals surface area contributed by atoms with E-state index < -0.39 is 0 Å². The maximum atomic E-state index is 12.4. The second-order valence-electron chi connectivity index (χ2n) is 5.99. The van der Waals surface area contributed by atoms with Crippen molar-refractivity contribution in [3.05, 3.63) is 65.4 Å². The maximum Gasteiger partial charge on any atom is 0.228 e. The number of rotatable bonds is 7. The van der Waals surface area contributed by atoms with Gasteiger partial charge in [0.25, 0.3) is 0 Å². The summed E-state index contributed by atoms with van der Waals surface area (Å²) in [6.45, 7) is 3.00. The Bertz CT molecular complexity index is 864. The SMILES string of the molecule is Cc1ccccc1OCCN(C)C(=O)Cc1csc(-c2cccnc2)n1. The smallest absolute Gasteiger partial charge is 0.228 e. The van der Waals surface area contributed by atoms with E-state index in [1.54, 1.807) is 24.3 Å². The number of aromatic nitrogens is 2. The number of pyridine rings is 1. The molecule has 0 fully saturated rings. The second-order valence-corrected chi connectivity index (χ2v) is 6.85. The van der Waals surface area contributed by atoms with Crippen LogP contribution in [0.1, 0.15) is 11.3 Å². The van der Waals surface area contributed by atoms with Gasteiger partial charge in [-0.1, -0.05) is 18.2 Å². The standard InChI is InChI=1S/C20H21N3O2S/c1-15-6-3-4-8-18(15)25-11-10-23(2)19(24)12-17-14-26-20(22-17)16-7-5-9-21-13-16/h3-9,13-14H,10-12H2,1-2H3. The van der Waals surface area contributed by atoms with Crippen molar-refractivity contribution in [1.82, 2.24) is 14.9 Å². The quantitative estimate of drug-likeness (QED) is 0.640. The number of ether oxygens (including phenoxy) is 1. The fourth-order valence-corrected chi connectivity index (χ4v) is 3.25. The first-order valence-electron chi connectivity index (χ1n) is 8.40. The Balaban J connectivity index is 1.50. The third kappa shape index (κ3) is 4.67. The monoisotopic (exact) mass is 367 g/mol. The van der Waals surface area contributed by atoms with Gasteiger partial charge in [-0.25, -0.2) is 4.98 Å². The number of benzene rings is 1. The van der Waals surface area contributed by atoms with Crippen LogP contribution in [0.5, 0.6) is 5.75 Å². The summed E-state index contributed by atoms with van der Waals surface area (Å²) in [4.78, 5) is 22.7. The van der Waals surface area contributed by atoms with Gasteiger partial charge in [0, 0.05) is 30.4 Å². The molecule has 134 valence electrons. The van der Waals surface area contributed by atoms with Crippen LogP contribution in [0.4, 0.5) is 0 Å². The van der Waals surface area contributed by atoms with E-state index in [1.165, 1.54) is 11.3 Å². The summed E-state index contributed by atoms with van der Waals surface area (Å²) in [6, 6.07) is 11.7. The largest absolute Gasteiger partial charge is 0.491 e. The molecule has 26 heavy (non-hydrogen) atoms. The highest BCUT2D eigenvalue weighted by atomic mass is 32.1. The van der Waals surface area contributed by atoms with Crippen LogP contribution in [0.15, 0.2) is 54.2 Å². The van der Waals surface area contributed by atoms with Crippen molar-refractivity contribution < 1.29 is 9.53 Å². The summed E-state index contributed by atoms with van der Waals surface area (Å²) in [6.07, 6.45) is 3.80. The van der Waals surface area contributed by atoms with Crippen LogP contribution in [0, 0.1) is 6.92 Å². The van der Waals surface area contributed by atoms with Gasteiger partial charge in [-0.2, -0.15) is 0 Å². The molecule has 0 radical (unpaired) electrons. The molecule has 3 rings (SSSR count). The van der Waals surface area contributed by atoms with E-state index in [-0.39, 0.29) is 12.3 Å². The van der Waals surface area contributed by atoms with E-state index in [1.807, 2.05) is 48.7 Å². The van der Waals surface area contributed by atoms with Gasteiger partial charge in [0.1, 0.15) is 17.4 Å². The summed E-state index contributed by atoms with van der Waals surface area (Å²) in [5.74, 6) is 0.885. The number of amides is 1. The molecule has 5 nitrogen and oxygen atoms in total. The summed E-state index contributed by atoms with van der Waals surface area (Å²) in [5.41, 5.74) is 2.84. The molecule has 0 aliphatic rings. The second kappa shape index (κ2) is 8.58. The average Bonchev–Trinajstić information content (AvgIpc) is 3.12. The maximum absolute atomic E-state index is 12.4. The Morgan fingerprint density at radius 2 is 2.08 bits per heavy atom.